The van der Waals surface area contributed by atoms with Gasteiger partial charge in [0.25, 0.3) is 0 Å². The molecule has 0 aliphatic heterocycles. The van der Waals surface area contributed by atoms with E-state index in [1.807, 2.05) is 0 Å². The van der Waals surface area contributed by atoms with Crippen LogP contribution in [0.4, 0.5) is 0 Å². The topological polar surface area (TPSA) is 40.2 Å². The van der Waals surface area contributed by atoms with Crippen molar-refractivity contribution < 1.29 is 4.74 Å². The Balaban J connectivity index is 2.24. The summed E-state index contributed by atoms with van der Waals surface area (Å²) in [6, 6.07) is 8.87. The first-order chi connectivity index (χ1) is 9.43. The Hall–Kier alpha value is -1.32. The maximum Gasteiger partial charge on any atom is 0.0639 e. The number of nitrogens with two attached hydrogens (primary N) is 1. The van der Waals surface area contributed by atoms with E-state index in [1.165, 1.54) is 16.5 Å². The predicted molar refractivity (Wildman–Crippen MR) is 85.0 cm³/mol. The van der Waals surface area contributed by atoms with Crippen molar-refractivity contribution in [3.8, 4) is 0 Å². The lowest BCUT2D eigenvalue weighted by Crippen LogP contribution is -2.24. The number of rotatable bonds is 6. The fourth-order valence-electron chi connectivity index (χ4n) is 2.50. The maximum atomic E-state index is 5.93. The monoisotopic (exact) mass is 274 g/mol. The highest BCUT2D eigenvalue weighted by molar-refractivity contribution is 5.83. The molecular weight excluding hydrogens is 248 g/mol. The van der Waals surface area contributed by atoms with Gasteiger partial charge in [0.15, 0.2) is 0 Å². The third-order valence-corrected chi connectivity index (χ3v) is 3.95. The van der Waals surface area contributed by atoms with Crippen molar-refractivity contribution in [2.45, 2.75) is 51.8 Å². The summed E-state index contributed by atoms with van der Waals surface area (Å²) in [5, 5.41) is 1.32. The van der Waals surface area contributed by atoms with Gasteiger partial charge in [-0.1, -0.05) is 12.1 Å². The minimum absolute atomic E-state index is 0.0834. The molecule has 0 amide bonds. The van der Waals surface area contributed by atoms with E-state index in [-0.39, 0.29) is 11.6 Å². The van der Waals surface area contributed by atoms with Gasteiger partial charge in [0, 0.05) is 36.8 Å². The molecule has 1 heterocycles. The van der Waals surface area contributed by atoms with E-state index in [0.29, 0.717) is 0 Å². The summed E-state index contributed by atoms with van der Waals surface area (Å²) in [7, 11) is 1.77. The Kier molecular flexibility index (Phi) is 4.51. The molecule has 0 bridgehead atoms. The molecule has 20 heavy (non-hydrogen) atoms. The van der Waals surface area contributed by atoms with E-state index in [4.69, 9.17) is 10.5 Å². The molecule has 1 aromatic heterocycles. The molecule has 110 valence electrons. The number of aromatic nitrogens is 1. The highest BCUT2D eigenvalue weighted by Gasteiger charge is 2.16. The van der Waals surface area contributed by atoms with Gasteiger partial charge in [-0.05, 0) is 51.3 Å². The number of methoxy groups -OCH3 is 1. The zero-order valence-electron chi connectivity index (χ0n) is 13.0. The number of benzene rings is 1. The summed E-state index contributed by atoms with van der Waals surface area (Å²) in [4.78, 5) is 0. The zero-order chi connectivity index (χ0) is 14.8. The van der Waals surface area contributed by atoms with Gasteiger partial charge in [0.1, 0.15) is 0 Å². The molecule has 0 aliphatic carbocycles. The largest absolute Gasteiger partial charge is 0.379 e. The van der Waals surface area contributed by atoms with Crippen LogP contribution >= 0.6 is 0 Å². The van der Waals surface area contributed by atoms with Gasteiger partial charge < -0.3 is 15.0 Å². The van der Waals surface area contributed by atoms with Crippen molar-refractivity contribution in [3.05, 3.63) is 36.0 Å². The third kappa shape index (κ3) is 3.41. The van der Waals surface area contributed by atoms with E-state index >= 15 is 0 Å². The highest BCUT2D eigenvalue weighted by atomic mass is 16.5. The first kappa shape index (κ1) is 15.1. The first-order valence-corrected chi connectivity index (χ1v) is 7.30. The molecule has 0 saturated heterocycles. The van der Waals surface area contributed by atoms with Gasteiger partial charge in [-0.15, -0.1) is 0 Å². The molecule has 2 rings (SSSR count). The summed E-state index contributed by atoms with van der Waals surface area (Å²) in [5.41, 5.74) is 8.47. The maximum absolute atomic E-state index is 5.93. The average molecular weight is 274 g/mol. The van der Waals surface area contributed by atoms with E-state index < -0.39 is 0 Å². The Morgan fingerprint density at radius 3 is 2.70 bits per heavy atom. The van der Waals surface area contributed by atoms with E-state index in [2.05, 4.69) is 55.8 Å². The van der Waals surface area contributed by atoms with Gasteiger partial charge in [-0.25, -0.2) is 0 Å². The van der Waals surface area contributed by atoms with Crippen LogP contribution in [-0.4, -0.2) is 23.3 Å². The van der Waals surface area contributed by atoms with Crippen molar-refractivity contribution in [2.24, 2.45) is 5.73 Å². The van der Waals surface area contributed by atoms with Crippen molar-refractivity contribution in [1.29, 1.82) is 0 Å². The Labute approximate surface area is 121 Å². The molecule has 0 radical (unpaired) electrons. The van der Waals surface area contributed by atoms with Crippen molar-refractivity contribution >= 4 is 10.9 Å². The van der Waals surface area contributed by atoms with Gasteiger partial charge >= 0.3 is 0 Å². The third-order valence-electron chi connectivity index (χ3n) is 3.95. The second-order valence-corrected chi connectivity index (χ2v) is 6.25. The molecule has 1 atom stereocenters. The summed E-state index contributed by atoms with van der Waals surface area (Å²) < 4.78 is 7.80. The molecule has 2 aromatic rings. The summed E-state index contributed by atoms with van der Waals surface area (Å²) in [6.07, 6.45) is 4.08. The van der Waals surface area contributed by atoms with Crippen LogP contribution < -0.4 is 5.73 Å². The Morgan fingerprint density at radius 1 is 1.30 bits per heavy atom. The predicted octanol–water partition coefficient (Wildman–Crippen LogP) is 3.35. The van der Waals surface area contributed by atoms with Crippen LogP contribution in [0.2, 0.25) is 0 Å². The summed E-state index contributed by atoms with van der Waals surface area (Å²) in [6.45, 7) is 7.27. The van der Waals surface area contributed by atoms with Crippen molar-refractivity contribution in [2.75, 3.05) is 7.11 Å². The van der Waals surface area contributed by atoms with Crippen molar-refractivity contribution in [3.63, 3.8) is 0 Å². The van der Waals surface area contributed by atoms with Crippen LogP contribution in [0.25, 0.3) is 10.9 Å². The lowest BCUT2D eigenvalue weighted by Gasteiger charge is -2.23. The normalized spacial score (nSPS) is 13.8. The van der Waals surface area contributed by atoms with Crippen LogP contribution in [0.15, 0.2) is 30.5 Å². The van der Waals surface area contributed by atoms with Crippen LogP contribution in [-0.2, 0) is 17.7 Å². The number of fused-ring (bicyclic) bond motifs is 1. The molecule has 3 nitrogen and oxygen atoms in total. The number of hydrogen-bond acceptors (Lipinski definition) is 2. The molecule has 0 saturated carbocycles. The number of hydrogen-bond donors (Lipinski definition) is 1. The van der Waals surface area contributed by atoms with Crippen molar-refractivity contribution in [1.82, 2.24) is 4.57 Å². The lowest BCUT2D eigenvalue weighted by atomic mass is 10.0. The first-order valence-electron chi connectivity index (χ1n) is 7.30. The van der Waals surface area contributed by atoms with E-state index in [1.54, 1.807) is 7.11 Å². The Morgan fingerprint density at radius 2 is 2.05 bits per heavy atom. The Bertz CT molecular complexity index is 569. The smallest absolute Gasteiger partial charge is 0.0639 e. The zero-order valence-corrected chi connectivity index (χ0v) is 13.0. The fraction of sp³-hybridized carbons (Fsp3) is 0.529. The minimum atomic E-state index is -0.0834. The standard InChI is InChI=1S/C17H26N2O/c1-13(18)12-14-6-5-7-16-15(14)8-10-19(16)11-9-17(2,3)20-4/h5-8,10,13H,9,11-12,18H2,1-4H3. The van der Waals surface area contributed by atoms with Gasteiger partial charge in [-0.2, -0.15) is 0 Å². The van der Waals surface area contributed by atoms with Crippen LogP contribution in [0.3, 0.4) is 0 Å². The lowest BCUT2D eigenvalue weighted by molar-refractivity contribution is 0.0123. The fourth-order valence-corrected chi connectivity index (χ4v) is 2.50. The quantitative estimate of drug-likeness (QED) is 0.877. The van der Waals surface area contributed by atoms with Crippen LogP contribution in [0.5, 0.6) is 0 Å². The van der Waals surface area contributed by atoms with Crippen LogP contribution in [0.1, 0.15) is 32.8 Å². The molecule has 1 unspecified atom stereocenters. The number of nitrogens with zero attached hydrogens (tertiary/aromatic N) is 1. The minimum Gasteiger partial charge on any atom is -0.379 e. The van der Waals surface area contributed by atoms with Crippen LogP contribution in [0, 0.1) is 0 Å². The van der Waals surface area contributed by atoms with Gasteiger partial charge in [-0.3, -0.25) is 0 Å². The SMILES string of the molecule is COC(C)(C)CCn1ccc2c(CC(C)N)cccc21. The van der Waals surface area contributed by atoms with Gasteiger partial charge in [0.2, 0.25) is 0 Å². The molecule has 1 aromatic carbocycles. The second kappa shape index (κ2) is 5.98. The highest BCUT2D eigenvalue weighted by Crippen LogP contribution is 2.23. The molecule has 3 heteroatoms. The number of aryl methyl sites for hydroxylation is 1. The summed E-state index contributed by atoms with van der Waals surface area (Å²) >= 11 is 0. The average Bonchev–Trinajstić information content (AvgIpc) is 2.80. The molecular formula is C17H26N2O. The van der Waals surface area contributed by atoms with Gasteiger partial charge in [0.05, 0.1) is 5.60 Å². The molecule has 0 fully saturated rings. The number of ether oxygens (including phenoxy) is 1. The molecule has 0 spiro atoms. The molecule has 2 N–H and O–H groups in total. The summed E-state index contributed by atoms with van der Waals surface area (Å²) in [5.74, 6) is 0. The van der Waals surface area contributed by atoms with E-state index in [0.717, 1.165) is 19.4 Å². The van der Waals surface area contributed by atoms with E-state index in [9.17, 15) is 0 Å². The molecule has 0 aliphatic rings. The second-order valence-electron chi connectivity index (χ2n) is 6.25.